The van der Waals surface area contributed by atoms with Crippen LogP contribution in [0.3, 0.4) is 0 Å². The number of aliphatic hydroxyl groups is 1. The van der Waals surface area contributed by atoms with Crippen LogP contribution in [0.25, 0.3) is 21.9 Å². The Labute approximate surface area is 217 Å². The number of aromatic nitrogens is 6. The van der Waals surface area contributed by atoms with Gasteiger partial charge in [0, 0.05) is 26.6 Å². The van der Waals surface area contributed by atoms with Crippen LogP contribution in [-0.2, 0) is 18.0 Å². The van der Waals surface area contributed by atoms with E-state index in [9.17, 15) is 9.50 Å². The Hall–Kier alpha value is -3.09. The van der Waals surface area contributed by atoms with Gasteiger partial charge in [-0.05, 0) is 45.9 Å². The lowest BCUT2D eigenvalue weighted by atomic mass is 10.1. The highest BCUT2D eigenvalue weighted by Crippen LogP contribution is 2.31. The second-order valence-electron chi connectivity index (χ2n) is 11.2. The largest absolute Gasteiger partial charge is 0.389 e. The number of nitrogens with one attached hydrogen (secondary N) is 2. The van der Waals surface area contributed by atoms with Crippen LogP contribution in [0.15, 0.2) is 18.3 Å². The number of fused-ring (bicyclic) bond motifs is 2. The predicted molar refractivity (Wildman–Crippen MR) is 148 cm³/mol. The van der Waals surface area contributed by atoms with Crippen LogP contribution in [0.5, 0.6) is 0 Å². The molecule has 0 saturated heterocycles. The first-order chi connectivity index (χ1) is 17.4. The van der Waals surface area contributed by atoms with Crippen molar-refractivity contribution >= 4 is 47.5 Å². The molecule has 4 aromatic rings. The molecular formula is C25H37FN8O2Si. The van der Waals surface area contributed by atoms with Crippen molar-refractivity contribution in [1.29, 1.82) is 0 Å². The third-order valence-electron chi connectivity index (χ3n) is 5.86. The number of benzene rings is 1. The number of ether oxygens (including phenoxy) is 1. The second kappa shape index (κ2) is 10.3. The van der Waals surface area contributed by atoms with Crippen LogP contribution in [0.4, 0.5) is 21.8 Å². The molecule has 3 aromatic heterocycles. The lowest BCUT2D eigenvalue weighted by Crippen LogP contribution is -2.26. The maximum absolute atomic E-state index is 14.8. The van der Waals surface area contributed by atoms with Gasteiger partial charge in [-0.25, -0.2) is 9.07 Å². The molecule has 0 aliphatic heterocycles. The highest BCUT2D eigenvalue weighted by molar-refractivity contribution is 6.76. The molecule has 0 atom stereocenters. The molecule has 200 valence electrons. The first kappa shape index (κ1) is 27.0. The summed E-state index contributed by atoms with van der Waals surface area (Å²) >= 11 is 0. The first-order valence-electron chi connectivity index (χ1n) is 12.6. The van der Waals surface area contributed by atoms with Gasteiger partial charge in [-0.2, -0.15) is 20.2 Å². The van der Waals surface area contributed by atoms with Crippen LogP contribution in [0.1, 0.15) is 26.5 Å². The van der Waals surface area contributed by atoms with Crippen molar-refractivity contribution in [1.82, 2.24) is 29.5 Å². The number of aryl methyl sites for hydroxylation is 1. The van der Waals surface area contributed by atoms with Crippen LogP contribution < -0.4 is 10.6 Å². The third kappa shape index (κ3) is 6.25. The predicted octanol–water partition coefficient (Wildman–Crippen LogP) is 4.88. The average Bonchev–Trinajstić information content (AvgIpc) is 3.33. The Balaban J connectivity index is 1.70. The van der Waals surface area contributed by atoms with Gasteiger partial charge >= 0.3 is 0 Å². The molecule has 12 heteroatoms. The van der Waals surface area contributed by atoms with Gasteiger partial charge in [0.15, 0.2) is 5.65 Å². The Bertz CT molecular complexity index is 1400. The van der Waals surface area contributed by atoms with Crippen molar-refractivity contribution < 1.29 is 14.2 Å². The Morgan fingerprint density at radius 3 is 2.59 bits per heavy atom. The summed E-state index contributed by atoms with van der Waals surface area (Å²) in [4.78, 5) is 9.46. The molecule has 3 heterocycles. The van der Waals surface area contributed by atoms with Crippen LogP contribution in [0.2, 0.25) is 25.7 Å². The van der Waals surface area contributed by atoms with Crippen molar-refractivity contribution in [3.63, 3.8) is 0 Å². The zero-order chi connectivity index (χ0) is 27.0. The summed E-state index contributed by atoms with van der Waals surface area (Å²) < 4.78 is 24.0. The van der Waals surface area contributed by atoms with Gasteiger partial charge in [-0.3, -0.25) is 4.68 Å². The minimum atomic E-state index is -1.20. The second-order valence-corrected chi connectivity index (χ2v) is 16.8. The third-order valence-corrected chi connectivity index (χ3v) is 7.56. The highest BCUT2D eigenvalue weighted by atomic mass is 28.3. The van der Waals surface area contributed by atoms with Crippen LogP contribution >= 0.6 is 0 Å². The summed E-state index contributed by atoms with van der Waals surface area (Å²) in [6.07, 6.45) is 1.58. The summed E-state index contributed by atoms with van der Waals surface area (Å²) in [7, 11) is -1.20. The molecule has 4 rings (SSSR count). The Kier molecular flexibility index (Phi) is 7.54. The smallest absolute Gasteiger partial charge is 0.231 e. The maximum atomic E-state index is 14.8. The Morgan fingerprint density at radius 1 is 1.16 bits per heavy atom. The van der Waals surface area contributed by atoms with Gasteiger partial charge in [0.05, 0.1) is 35.1 Å². The number of nitrogens with zero attached hydrogens (tertiary/aromatic N) is 6. The van der Waals surface area contributed by atoms with E-state index in [-0.39, 0.29) is 6.54 Å². The van der Waals surface area contributed by atoms with E-state index < -0.39 is 19.5 Å². The number of hydrogen-bond acceptors (Lipinski definition) is 8. The molecule has 10 nitrogen and oxygen atoms in total. The molecule has 37 heavy (non-hydrogen) atoms. The van der Waals surface area contributed by atoms with Crippen molar-refractivity contribution in [2.45, 2.75) is 72.3 Å². The Morgan fingerprint density at radius 2 is 1.92 bits per heavy atom. The summed E-state index contributed by atoms with van der Waals surface area (Å²) in [5.41, 5.74) is 1.32. The maximum Gasteiger partial charge on any atom is 0.231 e. The minimum absolute atomic E-state index is 0.153. The van der Waals surface area contributed by atoms with Crippen molar-refractivity contribution in [2.75, 3.05) is 23.8 Å². The zero-order valence-corrected chi connectivity index (χ0v) is 23.7. The van der Waals surface area contributed by atoms with Crippen molar-refractivity contribution in [2.24, 2.45) is 0 Å². The van der Waals surface area contributed by atoms with Gasteiger partial charge < -0.3 is 20.5 Å². The molecule has 0 bridgehead atoms. The normalized spacial score (nSPS) is 12.6. The monoisotopic (exact) mass is 528 g/mol. The van der Waals surface area contributed by atoms with Gasteiger partial charge in [-0.1, -0.05) is 19.6 Å². The molecule has 0 aliphatic rings. The van der Waals surface area contributed by atoms with Crippen LogP contribution in [-0.4, -0.2) is 61.5 Å². The molecule has 3 N–H and O–H groups in total. The fourth-order valence-electron chi connectivity index (χ4n) is 4.09. The number of hydrogen-bond donors (Lipinski definition) is 3. The van der Waals surface area contributed by atoms with E-state index >= 15 is 0 Å². The van der Waals surface area contributed by atoms with Crippen LogP contribution in [0, 0.1) is 12.7 Å². The van der Waals surface area contributed by atoms with E-state index in [0.29, 0.717) is 53.9 Å². The number of anilines is 3. The van der Waals surface area contributed by atoms with E-state index in [4.69, 9.17) is 14.7 Å². The summed E-state index contributed by atoms with van der Waals surface area (Å²) in [5, 5.41) is 27.2. The zero-order valence-electron chi connectivity index (χ0n) is 22.7. The summed E-state index contributed by atoms with van der Waals surface area (Å²) in [6, 6.07) is 4.07. The fourth-order valence-corrected chi connectivity index (χ4v) is 4.85. The van der Waals surface area contributed by atoms with E-state index in [0.717, 1.165) is 17.1 Å². The van der Waals surface area contributed by atoms with Gasteiger partial charge in [-0.15, -0.1) is 0 Å². The molecule has 0 spiro atoms. The van der Waals surface area contributed by atoms with Crippen molar-refractivity contribution in [3.8, 4) is 0 Å². The molecule has 0 unspecified atom stereocenters. The SMILES string of the molecule is CCNc1nc(Nc2ccc(F)c3c2cnn3CC(C)(C)O)nc2c1c(C)nn2COCC[Si](C)(C)C. The lowest BCUT2D eigenvalue weighted by molar-refractivity contribution is 0.0590. The average molecular weight is 529 g/mol. The van der Waals surface area contributed by atoms with Gasteiger partial charge in [0.25, 0.3) is 0 Å². The van der Waals surface area contributed by atoms with E-state index in [1.165, 1.54) is 10.7 Å². The van der Waals surface area contributed by atoms with E-state index in [1.54, 1.807) is 30.8 Å². The molecule has 0 fully saturated rings. The standard InChI is InChI=1S/C25H37FN8O2Si/c1-8-27-22-20-16(2)32-34(15-36-11-12-37(5,6)7)23(20)31-24(30-22)29-19-10-9-18(26)21-17(19)13-28-33(21)14-25(3,4)35/h9-10,13,35H,8,11-12,14-15H2,1-7H3,(H2,27,29,30,31). The fraction of sp³-hybridized carbons (Fsp3) is 0.520. The van der Waals surface area contributed by atoms with Crippen molar-refractivity contribution in [3.05, 3.63) is 29.8 Å². The number of rotatable bonds is 11. The summed E-state index contributed by atoms with van der Waals surface area (Å²) in [5.74, 6) is 0.586. The van der Waals surface area contributed by atoms with Gasteiger partial charge in [0.1, 0.15) is 23.9 Å². The van der Waals surface area contributed by atoms with Gasteiger partial charge in [0.2, 0.25) is 5.95 Å². The first-order valence-corrected chi connectivity index (χ1v) is 16.3. The summed E-state index contributed by atoms with van der Waals surface area (Å²) in [6.45, 7) is 16.0. The quantitative estimate of drug-likeness (QED) is 0.186. The van der Waals surface area contributed by atoms with E-state index in [2.05, 4.69) is 40.5 Å². The molecule has 0 aliphatic carbocycles. The molecule has 0 saturated carbocycles. The topological polar surface area (TPSA) is 115 Å². The minimum Gasteiger partial charge on any atom is -0.389 e. The molecular weight excluding hydrogens is 491 g/mol. The lowest BCUT2D eigenvalue weighted by Gasteiger charge is -2.17. The molecule has 0 amide bonds. The molecule has 1 aromatic carbocycles. The highest BCUT2D eigenvalue weighted by Gasteiger charge is 2.21. The molecule has 0 radical (unpaired) electrons. The van der Waals surface area contributed by atoms with E-state index in [1.807, 2.05) is 13.8 Å². The number of halogens is 1.